The van der Waals surface area contributed by atoms with E-state index >= 15 is 0 Å². The van der Waals surface area contributed by atoms with Gasteiger partial charge >= 0.3 is 0 Å². The van der Waals surface area contributed by atoms with E-state index in [1.165, 1.54) is 16.7 Å². The van der Waals surface area contributed by atoms with Gasteiger partial charge in [-0.2, -0.15) is 0 Å². The molecule has 6 heteroatoms. The summed E-state index contributed by atoms with van der Waals surface area (Å²) in [4.78, 5) is 0. The van der Waals surface area contributed by atoms with Crippen molar-refractivity contribution < 1.29 is 14.2 Å². The summed E-state index contributed by atoms with van der Waals surface area (Å²) in [5.41, 5.74) is 22.8. The van der Waals surface area contributed by atoms with Gasteiger partial charge in [-0.3, -0.25) is 0 Å². The molecule has 0 saturated carbocycles. The van der Waals surface area contributed by atoms with Gasteiger partial charge < -0.3 is 31.4 Å². The number of hydrogen-bond donors (Lipinski definition) is 3. The third-order valence-corrected chi connectivity index (χ3v) is 7.96. The van der Waals surface area contributed by atoms with E-state index in [4.69, 9.17) is 31.4 Å². The maximum Gasteiger partial charge on any atom is 0.127 e. The molecule has 0 aliphatic rings. The Morgan fingerprint density at radius 1 is 0.396 bits per heavy atom. The normalized spacial score (nSPS) is 10.8. The highest BCUT2D eigenvalue weighted by molar-refractivity contribution is 5.47. The molecule has 0 aliphatic carbocycles. The van der Waals surface area contributed by atoms with Crippen LogP contribution in [-0.4, -0.2) is 0 Å². The summed E-state index contributed by atoms with van der Waals surface area (Å²) < 4.78 is 17.5. The highest BCUT2D eigenvalue weighted by Gasteiger charge is 2.23. The van der Waals surface area contributed by atoms with Gasteiger partial charge in [-0.05, 0) is 132 Å². The Labute approximate surface area is 283 Å². The van der Waals surface area contributed by atoms with Crippen LogP contribution in [0.25, 0.3) is 0 Å². The standard InChI is InChI=1S/C27H26N2O2.C15H17NO/c1-27(2,19-3-11-23(12-4-19)30-25-15-7-21(28)8-16-25)20-5-13-24(14-6-20)31-26-17-9-22(29)10-18-26;1-2-3-12-4-8-14(9-5-12)17-15-10-6-13(16)7-11-15/h3-18H,28-29H2,1-2H3;4-11H,2-3,16H2,1H3. The van der Waals surface area contributed by atoms with Crippen LogP contribution in [0.3, 0.4) is 0 Å². The molecule has 6 aromatic rings. The lowest BCUT2D eigenvalue weighted by molar-refractivity contribution is 0.481. The molecule has 0 atom stereocenters. The van der Waals surface area contributed by atoms with Gasteiger partial charge in [0.15, 0.2) is 0 Å². The zero-order valence-electron chi connectivity index (χ0n) is 27.7. The maximum absolute atomic E-state index is 5.91. The van der Waals surface area contributed by atoms with Crippen molar-refractivity contribution in [3.63, 3.8) is 0 Å². The summed E-state index contributed by atoms with van der Waals surface area (Å²) in [6, 6.07) is 46.8. The zero-order valence-corrected chi connectivity index (χ0v) is 27.7. The fraction of sp³-hybridized carbons (Fsp3) is 0.143. The fourth-order valence-corrected chi connectivity index (χ4v) is 5.07. The molecule has 6 rings (SSSR count). The second-order valence-electron chi connectivity index (χ2n) is 12.1. The van der Waals surface area contributed by atoms with Gasteiger partial charge in [-0.25, -0.2) is 0 Å². The SMILES string of the molecule is CC(C)(c1ccc(Oc2ccc(N)cc2)cc1)c1ccc(Oc2ccc(N)cc2)cc1.CCCc1ccc(Oc2ccc(N)cc2)cc1. The first kappa shape index (κ1) is 33.5. The lowest BCUT2D eigenvalue weighted by Crippen LogP contribution is -2.18. The number of nitrogens with two attached hydrogens (primary N) is 3. The monoisotopic (exact) mass is 637 g/mol. The molecular formula is C42H43N3O3. The van der Waals surface area contributed by atoms with Gasteiger partial charge in [0.25, 0.3) is 0 Å². The van der Waals surface area contributed by atoms with E-state index in [2.05, 4.69) is 57.2 Å². The van der Waals surface area contributed by atoms with E-state index in [-0.39, 0.29) is 5.41 Å². The van der Waals surface area contributed by atoms with Crippen LogP contribution < -0.4 is 31.4 Å². The van der Waals surface area contributed by atoms with E-state index in [1.807, 2.05) is 109 Å². The van der Waals surface area contributed by atoms with Gasteiger partial charge in [0.1, 0.15) is 34.5 Å². The van der Waals surface area contributed by atoms with Crippen molar-refractivity contribution in [2.75, 3.05) is 17.2 Å². The number of rotatable bonds is 10. The summed E-state index contributed by atoms with van der Waals surface area (Å²) in [6.07, 6.45) is 2.28. The molecule has 0 radical (unpaired) electrons. The van der Waals surface area contributed by atoms with Crippen LogP contribution in [0.4, 0.5) is 17.1 Å². The van der Waals surface area contributed by atoms with Crippen LogP contribution in [-0.2, 0) is 11.8 Å². The molecule has 6 N–H and O–H groups in total. The first-order chi connectivity index (χ1) is 23.2. The van der Waals surface area contributed by atoms with Crippen LogP contribution >= 0.6 is 0 Å². The Morgan fingerprint density at radius 2 is 0.646 bits per heavy atom. The van der Waals surface area contributed by atoms with Crippen LogP contribution in [0.1, 0.15) is 43.9 Å². The van der Waals surface area contributed by atoms with Crippen molar-refractivity contribution in [3.8, 4) is 34.5 Å². The maximum atomic E-state index is 5.91. The topological polar surface area (TPSA) is 106 Å². The average Bonchev–Trinajstić information content (AvgIpc) is 3.10. The van der Waals surface area contributed by atoms with Crippen molar-refractivity contribution in [1.82, 2.24) is 0 Å². The Hall–Kier alpha value is -5.88. The molecule has 0 spiro atoms. The minimum Gasteiger partial charge on any atom is -0.457 e. The van der Waals surface area contributed by atoms with E-state index in [0.717, 1.165) is 53.0 Å². The van der Waals surface area contributed by atoms with Crippen LogP contribution in [0.2, 0.25) is 0 Å². The van der Waals surface area contributed by atoms with E-state index in [9.17, 15) is 0 Å². The second-order valence-corrected chi connectivity index (χ2v) is 12.1. The summed E-state index contributed by atoms with van der Waals surface area (Å²) in [7, 11) is 0. The molecule has 6 aromatic carbocycles. The Bertz CT molecular complexity index is 1760. The second kappa shape index (κ2) is 15.6. The molecule has 0 aromatic heterocycles. The first-order valence-corrected chi connectivity index (χ1v) is 16.1. The summed E-state index contributed by atoms with van der Waals surface area (Å²) in [5, 5.41) is 0. The molecule has 6 nitrogen and oxygen atoms in total. The molecule has 244 valence electrons. The predicted molar refractivity (Wildman–Crippen MR) is 198 cm³/mol. The minimum atomic E-state index is -0.167. The Morgan fingerprint density at radius 3 is 0.917 bits per heavy atom. The largest absolute Gasteiger partial charge is 0.457 e. The average molecular weight is 638 g/mol. The number of hydrogen-bond acceptors (Lipinski definition) is 6. The first-order valence-electron chi connectivity index (χ1n) is 16.1. The smallest absolute Gasteiger partial charge is 0.127 e. The molecule has 0 heterocycles. The summed E-state index contributed by atoms with van der Waals surface area (Å²) in [6.45, 7) is 6.59. The number of benzene rings is 6. The number of nitrogen functional groups attached to an aromatic ring is 3. The number of anilines is 3. The van der Waals surface area contributed by atoms with Crippen LogP contribution in [0, 0.1) is 0 Å². The molecule has 48 heavy (non-hydrogen) atoms. The summed E-state index contributed by atoms with van der Waals surface area (Å²) >= 11 is 0. The highest BCUT2D eigenvalue weighted by Crippen LogP contribution is 2.35. The molecule has 0 unspecified atom stereocenters. The highest BCUT2D eigenvalue weighted by atomic mass is 16.5. The molecule has 0 aliphatic heterocycles. The van der Waals surface area contributed by atoms with Crippen molar-refractivity contribution in [2.24, 2.45) is 0 Å². The van der Waals surface area contributed by atoms with Crippen molar-refractivity contribution in [3.05, 3.63) is 162 Å². The molecular weight excluding hydrogens is 594 g/mol. The van der Waals surface area contributed by atoms with Crippen LogP contribution in [0.5, 0.6) is 34.5 Å². The van der Waals surface area contributed by atoms with Crippen molar-refractivity contribution in [2.45, 2.75) is 39.0 Å². The lowest BCUT2D eigenvalue weighted by atomic mass is 9.78. The quantitative estimate of drug-likeness (QED) is 0.129. The molecule has 0 saturated heterocycles. The third kappa shape index (κ3) is 9.33. The number of aryl methyl sites for hydroxylation is 1. The van der Waals surface area contributed by atoms with Crippen molar-refractivity contribution >= 4 is 17.1 Å². The molecule has 0 bridgehead atoms. The van der Waals surface area contributed by atoms with Gasteiger partial charge in [0, 0.05) is 22.5 Å². The molecule has 0 amide bonds. The third-order valence-electron chi connectivity index (χ3n) is 7.96. The van der Waals surface area contributed by atoms with E-state index < -0.39 is 0 Å². The van der Waals surface area contributed by atoms with E-state index in [1.54, 1.807) is 0 Å². The van der Waals surface area contributed by atoms with Gasteiger partial charge in [-0.1, -0.05) is 63.6 Å². The number of ether oxygens (including phenoxy) is 3. The van der Waals surface area contributed by atoms with Gasteiger partial charge in [0.05, 0.1) is 0 Å². The zero-order chi connectivity index (χ0) is 33.9. The van der Waals surface area contributed by atoms with Gasteiger partial charge in [-0.15, -0.1) is 0 Å². The molecule has 0 fully saturated rings. The fourth-order valence-electron chi connectivity index (χ4n) is 5.07. The predicted octanol–water partition coefficient (Wildman–Crippen LogP) is 10.8. The Balaban J connectivity index is 0.000000224. The van der Waals surface area contributed by atoms with Crippen molar-refractivity contribution in [1.29, 1.82) is 0 Å². The van der Waals surface area contributed by atoms with Gasteiger partial charge in [0.2, 0.25) is 0 Å². The Kier molecular flexibility index (Phi) is 10.9. The van der Waals surface area contributed by atoms with Crippen LogP contribution in [0.15, 0.2) is 146 Å². The minimum absolute atomic E-state index is 0.167. The van der Waals surface area contributed by atoms with E-state index in [0.29, 0.717) is 11.4 Å². The lowest BCUT2D eigenvalue weighted by Gasteiger charge is -2.26. The summed E-state index contributed by atoms with van der Waals surface area (Å²) in [5.74, 6) is 4.76.